The first-order chi connectivity index (χ1) is 23.5. The molecule has 4 saturated heterocycles. The van der Waals surface area contributed by atoms with Gasteiger partial charge in [0.25, 0.3) is 0 Å². The fraction of sp³-hybridized carbons (Fsp3) is 0.829. The number of fused-ring (bicyclic) bond motifs is 7. The largest absolute Gasteiger partial charge is 0.469 e. The molecule has 0 aromatic heterocycles. The summed E-state index contributed by atoms with van der Waals surface area (Å²) in [4.78, 5) is 54.2. The van der Waals surface area contributed by atoms with Gasteiger partial charge in [-0.3, -0.25) is 14.4 Å². The van der Waals surface area contributed by atoms with Crippen LogP contribution >= 0.6 is 0 Å². The van der Waals surface area contributed by atoms with Crippen molar-refractivity contribution in [1.82, 2.24) is 0 Å². The van der Waals surface area contributed by atoms with Crippen molar-refractivity contribution in [3.05, 3.63) is 12.3 Å². The summed E-state index contributed by atoms with van der Waals surface area (Å²) in [5, 5.41) is 24.8. The minimum Gasteiger partial charge on any atom is -0.469 e. The Morgan fingerprint density at radius 1 is 0.980 bits per heavy atom. The average molecular weight is 707 g/mol. The molecule has 7 fully saturated rings. The highest BCUT2D eigenvalue weighted by molar-refractivity contribution is 5.81. The minimum atomic E-state index is -1.67. The quantitative estimate of drug-likeness (QED) is 0.212. The Morgan fingerprint density at radius 3 is 2.38 bits per heavy atom. The van der Waals surface area contributed by atoms with Crippen LogP contribution in [0.15, 0.2) is 12.3 Å². The van der Waals surface area contributed by atoms with Gasteiger partial charge in [0.15, 0.2) is 11.7 Å². The van der Waals surface area contributed by atoms with Gasteiger partial charge in [0.1, 0.15) is 28.8 Å². The number of esters is 4. The molecule has 15 nitrogen and oxygen atoms in total. The molecular formula is C35H46O15. The molecule has 16 unspecified atom stereocenters. The van der Waals surface area contributed by atoms with Crippen LogP contribution in [-0.2, 0) is 61.8 Å². The van der Waals surface area contributed by atoms with Gasteiger partial charge in [0, 0.05) is 48.3 Å². The minimum absolute atomic E-state index is 0.0580. The number of rotatable bonds is 7. The van der Waals surface area contributed by atoms with Gasteiger partial charge in [-0.1, -0.05) is 20.8 Å². The molecule has 16 atom stereocenters. The second-order valence-electron chi connectivity index (χ2n) is 16.3. The van der Waals surface area contributed by atoms with Gasteiger partial charge in [-0.15, -0.1) is 0 Å². The zero-order valence-corrected chi connectivity index (χ0v) is 29.2. The molecule has 2 bridgehead atoms. The predicted octanol–water partition coefficient (Wildman–Crippen LogP) is 0.557. The van der Waals surface area contributed by atoms with Gasteiger partial charge in [-0.05, 0) is 25.3 Å². The standard InChI is InChI=1S/C35H46O15/c1-15(2)10-21(37)48-18-12-19(47-16(3)36)33(28(40)43-7)14-45-22-25(33)32(18)13-46-23(27(39)42-6)24(32)30(4,26(22)38)35-20-11-17(31(35,5)50-35)34(41)8-9-44-29(34)49-20/h8-9,15,17-20,22-26,29,38,41H,10-14H2,1-7H3. The Bertz CT molecular complexity index is 1550. The third-order valence-electron chi connectivity index (χ3n) is 13.9. The summed E-state index contributed by atoms with van der Waals surface area (Å²) >= 11 is 0. The van der Waals surface area contributed by atoms with E-state index in [1.807, 2.05) is 20.8 Å². The molecule has 50 heavy (non-hydrogen) atoms. The molecule has 0 amide bonds. The van der Waals surface area contributed by atoms with Crippen LogP contribution in [0.3, 0.4) is 0 Å². The Kier molecular flexibility index (Phi) is 7.29. The van der Waals surface area contributed by atoms with Gasteiger partial charge >= 0.3 is 23.9 Å². The number of hydrogen-bond donors (Lipinski definition) is 2. The summed E-state index contributed by atoms with van der Waals surface area (Å²) in [6, 6.07) is 0. The van der Waals surface area contributed by atoms with E-state index >= 15 is 0 Å². The number of aliphatic hydroxyl groups is 2. The molecule has 2 N–H and O–H groups in total. The molecule has 0 aromatic rings. The van der Waals surface area contributed by atoms with Gasteiger partial charge in [-0.2, -0.15) is 0 Å². The van der Waals surface area contributed by atoms with E-state index in [1.54, 1.807) is 13.0 Å². The van der Waals surface area contributed by atoms with E-state index in [0.29, 0.717) is 6.42 Å². The molecular weight excluding hydrogens is 660 g/mol. The smallest absolute Gasteiger partial charge is 0.335 e. The summed E-state index contributed by atoms with van der Waals surface area (Å²) in [5.41, 5.74) is -8.52. The molecule has 0 radical (unpaired) electrons. The maximum absolute atomic E-state index is 14.2. The maximum atomic E-state index is 14.2. The molecule has 1 spiro atoms. The molecule has 5 heterocycles. The Morgan fingerprint density at radius 2 is 1.72 bits per heavy atom. The van der Waals surface area contributed by atoms with Crippen LogP contribution in [0.1, 0.15) is 53.9 Å². The molecule has 0 aromatic carbocycles. The summed E-state index contributed by atoms with van der Waals surface area (Å²) < 4.78 is 54.8. The fourth-order valence-corrected chi connectivity index (χ4v) is 12.3. The lowest BCUT2D eigenvalue weighted by Crippen LogP contribution is -2.77. The zero-order valence-electron chi connectivity index (χ0n) is 29.2. The zero-order chi connectivity index (χ0) is 36.0. The number of hydrogen-bond acceptors (Lipinski definition) is 15. The molecule has 15 heteroatoms. The molecule has 8 rings (SSSR count). The molecule has 276 valence electrons. The molecule has 5 aliphatic heterocycles. The van der Waals surface area contributed by atoms with Gasteiger partial charge < -0.3 is 52.8 Å². The van der Waals surface area contributed by atoms with Crippen molar-refractivity contribution in [2.45, 2.75) is 114 Å². The van der Waals surface area contributed by atoms with E-state index < -0.39 is 118 Å². The lowest BCUT2D eigenvalue weighted by molar-refractivity contribution is -0.296. The number of methoxy groups -OCH3 is 2. The van der Waals surface area contributed by atoms with Crippen LogP contribution in [0, 0.1) is 39.9 Å². The first-order valence-corrected chi connectivity index (χ1v) is 17.4. The fourth-order valence-electron chi connectivity index (χ4n) is 12.3. The van der Waals surface area contributed by atoms with E-state index in [-0.39, 0.29) is 32.0 Å². The lowest BCUT2D eigenvalue weighted by atomic mass is 9.38. The van der Waals surface area contributed by atoms with Crippen LogP contribution in [0.5, 0.6) is 0 Å². The number of carbonyl (C=O) groups excluding carboxylic acids is 4. The van der Waals surface area contributed by atoms with Crippen molar-refractivity contribution in [2.24, 2.45) is 39.9 Å². The van der Waals surface area contributed by atoms with E-state index in [1.165, 1.54) is 27.4 Å². The van der Waals surface area contributed by atoms with Crippen molar-refractivity contribution in [1.29, 1.82) is 0 Å². The highest BCUT2D eigenvalue weighted by Crippen LogP contribution is 2.82. The maximum Gasteiger partial charge on any atom is 0.335 e. The second kappa shape index (κ2) is 10.6. The number of carbonyl (C=O) groups is 4. The van der Waals surface area contributed by atoms with E-state index in [2.05, 4.69) is 0 Å². The molecule has 3 saturated carbocycles. The highest BCUT2D eigenvalue weighted by atomic mass is 16.7. The number of aliphatic hydroxyl groups excluding tert-OH is 1. The highest BCUT2D eigenvalue weighted by Gasteiger charge is 2.95. The van der Waals surface area contributed by atoms with Crippen LogP contribution in [-0.4, -0.2) is 121 Å². The van der Waals surface area contributed by atoms with Gasteiger partial charge in [0.2, 0.25) is 6.29 Å². The van der Waals surface area contributed by atoms with Crippen molar-refractivity contribution < 1.29 is 72.0 Å². The first-order valence-electron chi connectivity index (χ1n) is 17.4. The third kappa shape index (κ3) is 3.71. The third-order valence-corrected chi connectivity index (χ3v) is 13.9. The van der Waals surface area contributed by atoms with Gasteiger partial charge in [0.05, 0.1) is 52.0 Å². The SMILES string of the molecule is COC(=O)C1OCC23C(OC(=O)CC(C)C)CC(OC(C)=O)C4(C(=O)OC)COC(C42)C(O)C(C)(C24OC2(C)C2CC4OC4OC=CC42O)C13. The van der Waals surface area contributed by atoms with Crippen LogP contribution < -0.4 is 0 Å². The van der Waals surface area contributed by atoms with Gasteiger partial charge in [-0.25, -0.2) is 4.79 Å². The molecule has 8 aliphatic rings. The van der Waals surface area contributed by atoms with Crippen molar-refractivity contribution in [2.75, 3.05) is 27.4 Å². The van der Waals surface area contributed by atoms with E-state index in [0.717, 1.165) is 0 Å². The van der Waals surface area contributed by atoms with Crippen LogP contribution in [0.25, 0.3) is 0 Å². The topological polar surface area (TPSA) is 195 Å². The van der Waals surface area contributed by atoms with Crippen molar-refractivity contribution >= 4 is 23.9 Å². The van der Waals surface area contributed by atoms with Crippen molar-refractivity contribution in [3.63, 3.8) is 0 Å². The Hall–Kier alpha value is -2.82. The first kappa shape index (κ1) is 34.3. The average Bonchev–Trinajstić information content (AvgIpc) is 3.49. The normalized spacial score (nSPS) is 53.0. The Labute approximate surface area is 289 Å². The molecule has 3 aliphatic carbocycles. The van der Waals surface area contributed by atoms with Crippen LogP contribution in [0.4, 0.5) is 0 Å². The Balaban J connectivity index is 1.36. The van der Waals surface area contributed by atoms with Crippen molar-refractivity contribution in [3.8, 4) is 0 Å². The predicted molar refractivity (Wildman–Crippen MR) is 163 cm³/mol. The van der Waals surface area contributed by atoms with Crippen LogP contribution in [0.2, 0.25) is 0 Å². The summed E-state index contributed by atoms with van der Waals surface area (Å²) in [6.45, 7) is 8.13. The van der Waals surface area contributed by atoms with E-state index in [9.17, 15) is 29.4 Å². The van der Waals surface area contributed by atoms with E-state index in [4.69, 9.17) is 42.6 Å². The summed E-state index contributed by atoms with van der Waals surface area (Å²) in [6.07, 6.45) is -4.67. The summed E-state index contributed by atoms with van der Waals surface area (Å²) in [5.74, 6) is -5.32. The lowest BCUT2D eigenvalue weighted by Gasteiger charge is -2.65. The summed E-state index contributed by atoms with van der Waals surface area (Å²) in [7, 11) is 2.45. The monoisotopic (exact) mass is 706 g/mol. The number of epoxide rings is 1. The second-order valence-corrected chi connectivity index (χ2v) is 16.3. The number of ether oxygens (including phenoxy) is 9.